The first-order valence-electron chi connectivity index (χ1n) is 6.84. The molecule has 5 nitrogen and oxygen atoms in total. The number of carboxylic acid groups (broad SMARTS) is 1. The number of likely N-dealkylation sites (tertiary alicyclic amines) is 1. The van der Waals surface area contributed by atoms with Crippen LogP contribution in [0.4, 0.5) is 0 Å². The number of rotatable bonds is 3. The van der Waals surface area contributed by atoms with Gasteiger partial charge in [0.15, 0.2) is 0 Å². The number of hydrogen-bond donors (Lipinski definition) is 1. The Morgan fingerprint density at radius 1 is 1.16 bits per heavy atom. The summed E-state index contributed by atoms with van der Waals surface area (Å²) in [5, 5.41) is 9.15. The number of nitrogens with zero attached hydrogens (tertiary/aromatic N) is 1. The van der Waals surface area contributed by atoms with Crippen molar-refractivity contribution in [1.29, 1.82) is 0 Å². The van der Waals surface area contributed by atoms with Crippen LogP contribution < -0.4 is 0 Å². The molecule has 0 spiro atoms. The Hall–Kier alpha value is -1.36. The zero-order chi connectivity index (χ0) is 13.8. The molecule has 2 rings (SSSR count). The van der Waals surface area contributed by atoms with Gasteiger partial charge in [0.05, 0.1) is 11.8 Å². The average molecular weight is 267 g/mol. The van der Waals surface area contributed by atoms with Crippen LogP contribution >= 0.6 is 0 Å². The maximum absolute atomic E-state index is 12.1. The minimum absolute atomic E-state index is 0.0518. The number of piperidine rings is 1. The Bertz CT molecular complexity index is 372. The van der Waals surface area contributed by atoms with Crippen LogP contribution in [0.5, 0.6) is 0 Å². The molecule has 0 radical (unpaired) electrons. The Kier molecular flexibility index (Phi) is 4.58. The van der Waals surface area contributed by atoms with Crippen LogP contribution in [0.25, 0.3) is 0 Å². The van der Waals surface area contributed by atoms with Gasteiger partial charge in [-0.3, -0.25) is 9.59 Å². The van der Waals surface area contributed by atoms with Gasteiger partial charge in [0, 0.05) is 13.1 Å². The molecule has 1 aliphatic heterocycles. The standard InChI is InChI=1S/C14H21NO4/c1-15-8-6-10(7-9-15)19-14(18)12-5-3-2-4-11(12)13(16)17/h2-3,10-12H,4-9H2,1H3,(H,16,17). The molecule has 1 fully saturated rings. The Labute approximate surface area is 113 Å². The number of ether oxygens (including phenoxy) is 1. The van der Waals surface area contributed by atoms with E-state index in [9.17, 15) is 9.59 Å². The van der Waals surface area contributed by atoms with Crippen molar-refractivity contribution in [2.24, 2.45) is 11.8 Å². The molecule has 1 heterocycles. The highest BCUT2D eigenvalue weighted by molar-refractivity contribution is 5.81. The van der Waals surface area contributed by atoms with Crippen molar-refractivity contribution in [3.8, 4) is 0 Å². The Balaban J connectivity index is 1.91. The molecular formula is C14H21NO4. The summed E-state index contributed by atoms with van der Waals surface area (Å²) in [6.07, 6.45) is 6.22. The van der Waals surface area contributed by atoms with Gasteiger partial charge in [0.1, 0.15) is 6.10 Å². The van der Waals surface area contributed by atoms with Gasteiger partial charge in [-0.1, -0.05) is 12.2 Å². The molecule has 2 unspecified atom stereocenters. The fourth-order valence-electron chi connectivity index (χ4n) is 2.70. The number of aliphatic carboxylic acids is 1. The highest BCUT2D eigenvalue weighted by Crippen LogP contribution is 2.28. The van der Waals surface area contributed by atoms with Crippen molar-refractivity contribution in [2.45, 2.75) is 31.8 Å². The van der Waals surface area contributed by atoms with Gasteiger partial charge < -0.3 is 14.7 Å². The van der Waals surface area contributed by atoms with E-state index in [4.69, 9.17) is 9.84 Å². The van der Waals surface area contributed by atoms with E-state index in [2.05, 4.69) is 4.90 Å². The van der Waals surface area contributed by atoms with Crippen molar-refractivity contribution in [3.05, 3.63) is 12.2 Å². The van der Waals surface area contributed by atoms with Gasteiger partial charge in [-0.2, -0.15) is 0 Å². The summed E-state index contributed by atoms with van der Waals surface area (Å²) >= 11 is 0. The maximum Gasteiger partial charge on any atom is 0.310 e. The molecule has 0 aromatic heterocycles. The molecule has 0 aromatic carbocycles. The van der Waals surface area contributed by atoms with E-state index in [1.54, 1.807) is 0 Å². The van der Waals surface area contributed by atoms with Gasteiger partial charge in [-0.15, -0.1) is 0 Å². The SMILES string of the molecule is CN1CCC(OC(=O)C2CC=CCC2C(=O)O)CC1. The zero-order valence-corrected chi connectivity index (χ0v) is 11.2. The van der Waals surface area contributed by atoms with Crippen molar-refractivity contribution >= 4 is 11.9 Å². The van der Waals surface area contributed by atoms with E-state index < -0.39 is 17.8 Å². The van der Waals surface area contributed by atoms with E-state index in [0.717, 1.165) is 25.9 Å². The quantitative estimate of drug-likeness (QED) is 0.616. The minimum atomic E-state index is -0.908. The smallest absolute Gasteiger partial charge is 0.310 e. The number of esters is 1. The summed E-state index contributed by atoms with van der Waals surface area (Å²) in [5.41, 5.74) is 0. The summed E-state index contributed by atoms with van der Waals surface area (Å²) in [5.74, 6) is -2.41. The maximum atomic E-state index is 12.1. The van der Waals surface area contributed by atoms with Crippen molar-refractivity contribution in [1.82, 2.24) is 4.90 Å². The lowest BCUT2D eigenvalue weighted by Gasteiger charge is -2.31. The van der Waals surface area contributed by atoms with Gasteiger partial charge in [-0.05, 0) is 32.7 Å². The summed E-state index contributed by atoms with van der Waals surface area (Å²) in [6, 6.07) is 0. The van der Waals surface area contributed by atoms with Gasteiger partial charge in [0.2, 0.25) is 0 Å². The molecule has 0 bridgehead atoms. The summed E-state index contributed by atoms with van der Waals surface area (Å²) in [6.45, 7) is 1.84. The topological polar surface area (TPSA) is 66.8 Å². The largest absolute Gasteiger partial charge is 0.481 e. The molecule has 106 valence electrons. The Morgan fingerprint density at radius 3 is 2.32 bits per heavy atom. The molecular weight excluding hydrogens is 246 g/mol. The van der Waals surface area contributed by atoms with Gasteiger partial charge >= 0.3 is 11.9 Å². The van der Waals surface area contributed by atoms with E-state index in [-0.39, 0.29) is 12.1 Å². The fourth-order valence-corrected chi connectivity index (χ4v) is 2.70. The highest BCUT2D eigenvalue weighted by Gasteiger charge is 2.36. The normalized spacial score (nSPS) is 29.1. The third kappa shape index (κ3) is 3.56. The second kappa shape index (κ2) is 6.19. The number of carbonyl (C=O) groups excluding carboxylic acids is 1. The van der Waals surface area contributed by atoms with Gasteiger partial charge in [0.25, 0.3) is 0 Å². The minimum Gasteiger partial charge on any atom is -0.481 e. The summed E-state index contributed by atoms with van der Waals surface area (Å²) in [4.78, 5) is 25.5. The molecule has 0 saturated carbocycles. The lowest BCUT2D eigenvalue weighted by atomic mass is 9.83. The third-order valence-electron chi connectivity index (χ3n) is 4.00. The predicted octanol–water partition coefficient (Wildman–Crippen LogP) is 1.29. The third-order valence-corrected chi connectivity index (χ3v) is 4.00. The Morgan fingerprint density at radius 2 is 1.74 bits per heavy atom. The fraction of sp³-hybridized carbons (Fsp3) is 0.714. The lowest BCUT2D eigenvalue weighted by Crippen LogP contribution is -2.39. The van der Waals surface area contributed by atoms with E-state index in [0.29, 0.717) is 12.8 Å². The molecule has 19 heavy (non-hydrogen) atoms. The van der Waals surface area contributed by atoms with E-state index in [1.165, 1.54) is 0 Å². The highest BCUT2D eigenvalue weighted by atomic mass is 16.5. The number of carboxylic acids is 1. The predicted molar refractivity (Wildman–Crippen MR) is 69.6 cm³/mol. The van der Waals surface area contributed by atoms with Crippen LogP contribution in [-0.2, 0) is 14.3 Å². The van der Waals surface area contributed by atoms with E-state index in [1.807, 2.05) is 19.2 Å². The molecule has 2 aliphatic rings. The molecule has 1 aliphatic carbocycles. The van der Waals surface area contributed by atoms with Crippen LogP contribution in [0.3, 0.4) is 0 Å². The number of allylic oxidation sites excluding steroid dienone is 2. The molecule has 0 amide bonds. The van der Waals surface area contributed by atoms with Crippen molar-refractivity contribution in [3.63, 3.8) is 0 Å². The molecule has 0 aromatic rings. The average Bonchev–Trinajstić information content (AvgIpc) is 2.41. The molecule has 2 atom stereocenters. The van der Waals surface area contributed by atoms with Crippen LogP contribution in [-0.4, -0.2) is 48.2 Å². The molecule has 5 heteroatoms. The van der Waals surface area contributed by atoms with Crippen LogP contribution in [0, 0.1) is 11.8 Å². The number of hydrogen-bond acceptors (Lipinski definition) is 4. The second-order valence-electron chi connectivity index (χ2n) is 5.43. The molecule has 1 N–H and O–H groups in total. The van der Waals surface area contributed by atoms with Crippen LogP contribution in [0.1, 0.15) is 25.7 Å². The van der Waals surface area contributed by atoms with Crippen LogP contribution in [0.15, 0.2) is 12.2 Å². The van der Waals surface area contributed by atoms with Crippen molar-refractivity contribution < 1.29 is 19.4 Å². The monoisotopic (exact) mass is 267 g/mol. The van der Waals surface area contributed by atoms with Crippen molar-refractivity contribution in [2.75, 3.05) is 20.1 Å². The van der Waals surface area contributed by atoms with Crippen LogP contribution in [0.2, 0.25) is 0 Å². The second-order valence-corrected chi connectivity index (χ2v) is 5.43. The number of carbonyl (C=O) groups is 2. The van der Waals surface area contributed by atoms with Gasteiger partial charge in [-0.25, -0.2) is 0 Å². The lowest BCUT2D eigenvalue weighted by molar-refractivity contribution is -0.163. The summed E-state index contributed by atoms with van der Waals surface area (Å²) < 4.78 is 5.50. The van der Waals surface area contributed by atoms with E-state index >= 15 is 0 Å². The summed E-state index contributed by atoms with van der Waals surface area (Å²) in [7, 11) is 2.05. The molecule has 1 saturated heterocycles. The zero-order valence-electron chi connectivity index (χ0n) is 11.2. The first kappa shape index (κ1) is 14.1. The first-order chi connectivity index (χ1) is 9.08. The first-order valence-corrected chi connectivity index (χ1v) is 6.84.